The minimum atomic E-state index is -0.396. The number of nitrogen functional groups attached to an aromatic ring is 1. The maximum atomic E-state index is 12.8. The number of rotatable bonds is 3. The van der Waals surface area contributed by atoms with E-state index in [-0.39, 0.29) is 11.0 Å². The van der Waals surface area contributed by atoms with Gasteiger partial charge in [-0.05, 0) is 24.3 Å². The Morgan fingerprint density at radius 3 is 2.82 bits per heavy atom. The number of hydrogen-bond donors (Lipinski definition) is 3. The van der Waals surface area contributed by atoms with Crippen LogP contribution in [0.5, 0.6) is 0 Å². The van der Waals surface area contributed by atoms with E-state index < -0.39 is 5.82 Å². The third-order valence-corrected chi connectivity index (χ3v) is 2.29. The third kappa shape index (κ3) is 2.80. The smallest absolute Gasteiger partial charge is 0.239 e. The first-order valence-electron chi connectivity index (χ1n) is 4.71. The van der Waals surface area contributed by atoms with Gasteiger partial charge in [0.1, 0.15) is 11.6 Å². The minimum Gasteiger partial charge on any atom is -0.339 e. The molecule has 0 amide bonds. The van der Waals surface area contributed by atoms with Crippen LogP contribution < -0.4 is 16.6 Å². The Kier molecular flexibility index (Phi) is 3.36. The second kappa shape index (κ2) is 4.94. The molecule has 1 aromatic heterocycles. The second-order valence-corrected chi connectivity index (χ2v) is 3.57. The van der Waals surface area contributed by atoms with Crippen LogP contribution in [0.15, 0.2) is 30.5 Å². The zero-order valence-electron chi connectivity index (χ0n) is 8.61. The lowest BCUT2D eigenvalue weighted by atomic mass is 10.3. The van der Waals surface area contributed by atoms with Crippen molar-refractivity contribution < 1.29 is 4.39 Å². The number of anilines is 3. The fourth-order valence-electron chi connectivity index (χ4n) is 1.23. The molecule has 1 aromatic carbocycles. The summed E-state index contributed by atoms with van der Waals surface area (Å²) in [6.45, 7) is 0. The molecule has 0 aliphatic rings. The Morgan fingerprint density at radius 2 is 2.12 bits per heavy atom. The van der Waals surface area contributed by atoms with Gasteiger partial charge in [0.05, 0.1) is 10.7 Å². The zero-order chi connectivity index (χ0) is 12.3. The Morgan fingerprint density at radius 1 is 1.29 bits per heavy atom. The summed E-state index contributed by atoms with van der Waals surface area (Å²) in [6, 6.07) is 5.68. The van der Waals surface area contributed by atoms with Crippen LogP contribution in [0.1, 0.15) is 0 Å². The maximum Gasteiger partial charge on any atom is 0.239 e. The largest absolute Gasteiger partial charge is 0.339 e. The first-order valence-corrected chi connectivity index (χ1v) is 5.08. The van der Waals surface area contributed by atoms with Crippen LogP contribution in [0, 0.1) is 5.82 Å². The van der Waals surface area contributed by atoms with E-state index in [9.17, 15) is 4.39 Å². The highest BCUT2D eigenvalue weighted by atomic mass is 35.5. The Bertz CT molecular complexity index is 534. The van der Waals surface area contributed by atoms with E-state index in [1.54, 1.807) is 6.07 Å². The highest BCUT2D eigenvalue weighted by Gasteiger charge is 2.03. The molecule has 0 saturated heterocycles. The van der Waals surface area contributed by atoms with Crippen LogP contribution in [0.2, 0.25) is 5.02 Å². The molecule has 0 aliphatic heterocycles. The van der Waals surface area contributed by atoms with Gasteiger partial charge in [-0.1, -0.05) is 11.6 Å². The summed E-state index contributed by atoms with van der Waals surface area (Å²) in [5, 5.41) is 3.20. The molecule has 2 rings (SSSR count). The highest BCUT2D eigenvalue weighted by molar-refractivity contribution is 6.33. The third-order valence-electron chi connectivity index (χ3n) is 1.98. The van der Waals surface area contributed by atoms with E-state index in [0.717, 1.165) is 0 Å². The standard InChI is InChI=1S/C10H9ClFN5/c11-7-5-6(12)1-2-8(7)15-9-3-4-14-10(16-9)17-13/h1-5H,13H2,(H2,14,15,16,17). The van der Waals surface area contributed by atoms with Gasteiger partial charge in [0.25, 0.3) is 0 Å². The molecule has 0 atom stereocenters. The van der Waals surface area contributed by atoms with E-state index in [1.165, 1.54) is 24.4 Å². The van der Waals surface area contributed by atoms with Crippen molar-refractivity contribution in [3.8, 4) is 0 Å². The van der Waals surface area contributed by atoms with E-state index in [1.807, 2.05) is 0 Å². The lowest BCUT2D eigenvalue weighted by Crippen LogP contribution is -2.10. The molecular weight excluding hydrogens is 245 g/mol. The average Bonchev–Trinajstić information content (AvgIpc) is 2.33. The topological polar surface area (TPSA) is 75.9 Å². The van der Waals surface area contributed by atoms with E-state index in [4.69, 9.17) is 17.4 Å². The number of hydrazine groups is 1. The molecule has 0 unspecified atom stereocenters. The van der Waals surface area contributed by atoms with Gasteiger partial charge in [0.15, 0.2) is 0 Å². The quantitative estimate of drug-likeness (QED) is 0.578. The summed E-state index contributed by atoms with van der Waals surface area (Å²) in [6.07, 6.45) is 1.53. The number of aromatic nitrogens is 2. The molecule has 4 N–H and O–H groups in total. The molecule has 0 spiro atoms. The molecule has 2 aromatic rings. The van der Waals surface area contributed by atoms with Gasteiger partial charge in [0.2, 0.25) is 5.95 Å². The highest BCUT2D eigenvalue weighted by Crippen LogP contribution is 2.25. The van der Waals surface area contributed by atoms with Gasteiger partial charge in [-0.15, -0.1) is 0 Å². The summed E-state index contributed by atoms with van der Waals surface area (Å²) in [5.74, 6) is 5.56. The van der Waals surface area contributed by atoms with Crippen LogP contribution in [-0.4, -0.2) is 9.97 Å². The molecule has 0 saturated carbocycles. The molecule has 1 heterocycles. The van der Waals surface area contributed by atoms with Crippen molar-refractivity contribution in [2.75, 3.05) is 10.7 Å². The average molecular weight is 254 g/mol. The molecule has 0 fully saturated rings. The van der Waals surface area contributed by atoms with Gasteiger partial charge in [0, 0.05) is 6.20 Å². The predicted molar refractivity (Wildman–Crippen MR) is 64.5 cm³/mol. The summed E-state index contributed by atoms with van der Waals surface area (Å²) in [4.78, 5) is 7.90. The minimum absolute atomic E-state index is 0.269. The van der Waals surface area contributed by atoms with Crippen molar-refractivity contribution in [2.45, 2.75) is 0 Å². The lowest BCUT2D eigenvalue weighted by molar-refractivity contribution is 0.628. The van der Waals surface area contributed by atoms with E-state index in [0.29, 0.717) is 11.5 Å². The number of halogens is 2. The number of nitrogens with zero attached hydrogens (tertiary/aromatic N) is 2. The van der Waals surface area contributed by atoms with Crippen LogP contribution in [0.25, 0.3) is 0 Å². The molecular formula is C10H9ClFN5. The first kappa shape index (κ1) is 11.6. The Labute approximate surface area is 102 Å². The van der Waals surface area contributed by atoms with Crippen LogP contribution >= 0.6 is 11.6 Å². The van der Waals surface area contributed by atoms with E-state index in [2.05, 4.69) is 20.7 Å². The predicted octanol–water partition coefficient (Wildman–Crippen LogP) is 2.30. The van der Waals surface area contributed by atoms with Gasteiger partial charge < -0.3 is 5.32 Å². The summed E-state index contributed by atoms with van der Waals surface area (Å²) in [7, 11) is 0. The first-order chi connectivity index (χ1) is 8.19. The summed E-state index contributed by atoms with van der Waals surface area (Å²) < 4.78 is 12.8. The SMILES string of the molecule is NNc1nccc(Nc2ccc(F)cc2Cl)n1. The van der Waals surface area contributed by atoms with Crippen LogP contribution in [-0.2, 0) is 0 Å². The summed E-state index contributed by atoms with van der Waals surface area (Å²) in [5.41, 5.74) is 2.87. The summed E-state index contributed by atoms with van der Waals surface area (Å²) >= 11 is 5.87. The van der Waals surface area contributed by atoms with Crippen LogP contribution in [0.4, 0.5) is 21.8 Å². The molecule has 17 heavy (non-hydrogen) atoms. The number of nitrogens with two attached hydrogens (primary N) is 1. The monoisotopic (exact) mass is 253 g/mol. The van der Waals surface area contributed by atoms with Crippen molar-refractivity contribution >= 4 is 29.1 Å². The number of nitrogens with one attached hydrogen (secondary N) is 2. The maximum absolute atomic E-state index is 12.8. The van der Waals surface area contributed by atoms with Gasteiger partial charge in [-0.25, -0.2) is 15.2 Å². The fourth-order valence-corrected chi connectivity index (χ4v) is 1.44. The number of hydrogen-bond acceptors (Lipinski definition) is 5. The van der Waals surface area contributed by atoms with Crippen molar-refractivity contribution in [2.24, 2.45) is 5.84 Å². The van der Waals surface area contributed by atoms with Crippen molar-refractivity contribution in [1.82, 2.24) is 9.97 Å². The normalized spacial score (nSPS) is 10.1. The molecule has 0 radical (unpaired) electrons. The zero-order valence-corrected chi connectivity index (χ0v) is 9.37. The van der Waals surface area contributed by atoms with Gasteiger partial charge in [-0.2, -0.15) is 4.98 Å². The van der Waals surface area contributed by atoms with Crippen molar-refractivity contribution in [3.63, 3.8) is 0 Å². The molecule has 0 aliphatic carbocycles. The fraction of sp³-hybridized carbons (Fsp3) is 0. The molecule has 5 nitrogen and oxygen atoms in total. The van der Waals surface area contributed by atoms with Gasteiger partial charge in [-0.3, -0.25) is 5.43 Å². The van der Waals surface area contributed by atoms with E-state index >= 15 is 0 Å². The Balaban J connectivity index is 2.25. The molecule has 0 bridgehead atoms. The van der Waals surface area contributed by atoms with Crippen molar-refractivity contribution in [1.29, 1.82) is 0 Å². The number of benzene rings is 1. The van der Waals surface area contributed by atoms with Crippen molar-refractivity contribution in [3.05, 3.63) is 41.3 Å². The lowest BCUT2D eigenvalue weighted by Gasteiger charge is -2.08. The molecule has 7 heteroatoms. The molecule has 88 valence electrons. The van der Waals surface area contributed by atoms with Crippen LogP contribution in [0.3, 0.4) is 0 Å². The second-order valence-electron chi connectivity index (χ2n) is 3.16. The Hall–Kier alpha value is -1.92. The van der Waals surface area contributed by atoms with Gasteiger partial charge >= 0.3 is 0 Å².